The van der Waals surface area contributed by atoms with E-state index in [0.717, 1.165) is 22.4 Å². The number of amides is 1. The lowest BCUT2D eigenvalue weighted by molar-refractivity contribution is -0.117. The van der Waals surface area contributed by atoms with Gasteiger partial charge in [-0.05, 0) is 53.1 Å². The Bertz CT molecular complexity index is 888. The summed E-state index contributed by atoms with van der Waals surface area (Å²) < 4.78 is 0. The van der Waals surface area contributed by atoms with Crippen molar-refractivity contribution in [3.05, 3.63) is 78.4 Å². The Labute approximate surface area is 146 Å². The normalized spacial score (nSPS) is 10.4. The SMILES string of the molecule is CN(C(=O)Cc1cccc(O)c1)c1cccc(-c2ccc(O)cc2)c1. The fraction of sp³-hybridized carbons (Fsp3) is 0.0952. The molecule has 3 rings (SSSR count). The third-order valence-corrected chi connectivity index (χ3v) is 4.07. The Morgan fingerprint density at radius 1 is 0.840 bits per heavy atom. The van der Waals surface area contributed by atoms with Crippen molar-refractivity contribution in [2.24, 2.45) is 0 Å². The molecule has 0 aliphatic carbocycles. The van der Waals surface area contributed by atoms with E-state index in [0.29, 0.717) is 0 Å². The van der Waals surface area contributed by atoms with E-state index < -0.39 is 0 Å². The number of hydrogen-bond acceptors (Lipinski definition) is 3. The number of hydrogen-bond donors (Lipinski definition) is 2. The second-order valence-electron chi connectivity index (χ2n) is 5.90. The molecule has 25 heavy (non-hydrogen) atoms. The van der Waals surface area contributed by atoms with E-state index in [2.05, 4.69) is 0 Å². The maximum absolute atomic E-state index is 12.5. The lowest BCUT2D eigenvalue weighted by atomic mass is 10.0. The highest BCUT2D eigenvalue weighted by molar-refractivity contribution is 5.95. The number of benzene rings is 3. The van der Waals surface area contributed by atoms with Gasteiger partial charge in [-0.1, -0.05) is 36.4 Å². The molecule has 1 amide bonds. The quantitative estimate of drug-likeness (QED) is 0.759. The zero-order valence-electron chi connectivity index (χ0n) is 13.9. The van der Waals surface area contributed by atoms with Crippen molar-refractivity contribution in [1.82, 2.24) is 0 Å². The van der Waals surface area contributed by atoms with Gasteiger partial charge in [0.1, 0.15) is 11.5 Å². The molecule has 3 aromatic carbocycles. The predicted molar refractivity (Wildman–Crippen MR) is 98.8 cm³/mol. The van der Waals surface area contributed by atoms with Crippen molar-refractivity contribution in [2.45, 2.75) is 6.42 Å². The van der Waals surface area contributed by atoms with Crippen LogP contribution in [0.5, 0.6) is 11.5 Å². The van der Waals surface area contributed by atoms with Crippen LogP contribution in [0.25, 0.3) is 11.1 Å². The molecule has 0 saturated carbocycles. The van der Waals surface area contributed by atoms with Crippen LogP contribution in [0.4, 0.5) is 5.69 Å². The summed E-state index contributed by atoms with van der Waals surface area (Å²) in [6, 6.07) is 21.3. The Morgan fingerprint density at radius 2 is 1.56 bits per heavy atom. The van der Waals surface area contributed by atoms with Crippen LogP contribution in [-0.4, -0.2) is 23.2 Å². The molecular formula is C21H19NO3. The zero-order chi connectivity index (χ0) is 17.8. The molecule has 0 heterocycles. The highest BCUT2D eigenvalue weighted by Gasteiger charge is 2.13. The largest absolute Gasteiger partial charge is 0.508 e. The van der Waals surface area contributed by atoms with E-state index >= 15 is 0 Å². The Balaban J connectivity index is 1.80. The summed E-state index contributed by atoms with van der Waals surface area (Å²) in [7, 11) is 1.74. The number of anilines is 1. The van der Waals surface area contributed by atoms with Crippen molar-refractivity contribution in [1.29, 1.82) is 0 Å². The highest BCUT2D eigenvalue weighted by Crippen LogP contribution is 2.26. The lowest BCUT2D eigenvalue weighted by Gasteiger charge is -2.18. The van der Waals surface area contributed by atoms with Crippen LogP contribution in [0.15, 0.2) is 72.8 Å². The third-order valence-electron chi connectivity index (χ3n) is 4.07. The van der Waals surface area contributed by atoms with Gasteiger partial charge >= 0.3 is 0 Å². The maximum atomic E-state index is 12.5. The summed E-state index contributed by atoms with van der Waals surface area (Å²) in [5.74, 6) is 0.314. The first-order valence-corrected chi connectivity index (χ1v) is 7.97. The van der Waals surface area contributed by atoms with E-state index in [4.69, 9.17) is 0 Å². The molecule has 0 bridgehead atoms. The summed E-state index contributed by atoms with van der Waals surface area (Å²) in [6.45, 7) is 0. The van der Waals surface area contributed by atoms with Gasteiger partial charge in [-0.25, -0.2) is 0 Å². The van der Waals surface area contributed by atoms with Crippen LogP contribution in [0, 0.1) is 0 Å². The minimum absolute atomic E-state index is 0.0616. The molecule has 4 heteroatoms. The van der Waals surface area contributed by atoms with Gasteiger partial charge in [0, 0.05) is 12.7 Å². The minimum Gasteiger partial charge on any atom is -0.508 e. The fourth-order valence-electron chi connectivity index (χ4n) is 2.65. The fourth-order valence-corrected chi connectivity index (χ4v) is 2.65. The molecule has 0 spiro atoms. The van der Waals surface area contributed by atoms with Gasteiger partial charge in [0.25, 0.3) is 0 Å². The number of phenols is 2. The summed E-state index contributed by atoms with van der Waals surface area (Å²) in [5, 5.41) is 18.9. The average Bonchev–Trinajstić information content (AvgIpc) is 2.62. The van der Waals surface area contributed by atoms with E-state index in [9.17, 15) is 15.0 Å². The lowest BCUT2D eigenvalue weighted by Crippen LogP contribution is -2.27. The zero-order valence-corrected chi connectivity index (χ0v) is 13.9. The second-order valence-corrected chi connectivity index (χ2v) is 5.90. The molecule has 0 aliphatic rings. The van der Waals surface area contributed by atoms with Crippen molar-refractivity contribution in [3.8, 4) is 22.6 Å². The van der Waals surface area contributed by atoms with Gasteiger partial charge in [-0.2, -0.15) is 0 Å². The van der Waals surface area contributed by atoms with Crippen LogP contribution in [0.3, 0.4) is 0 Å². The van der Waals surface area contributed by atoms with E-state index in [-0.39, 0.29) is 23.8 Å². The van der Waals surface area contributed by atoms with Crippen molar-refractivity contribution < 1.29 is 15.0 Å². The number of likely N-dealkylation sites (N-methyl/N-ethyl adjacent to an activating group) is 1. The molecule has 4 nitrogen and oxygen atoms in total. The molecule has 0 unspecified atom stereocenters. The minimum atomic E-state index is -0.0616. The van der Waals surface area contributed by atoms with Crippen molar-refractivity contribution in [3.63, 3.8) is 0 Å². The van der Waals surface area contributed by atoms with Gasteiger partial charge < -0.3 is 15.1 Å². The molecule has 0 saturated heterocycles. The van der Waals surface area contributed by atoms with Crippen LogP contribution in [-0.2, 0) is 11.2 Å². The predicted octanol–water partition coefficient (Wildman–Crippen LogP) is 3.97. The number of carbonyl (C=O) groups excluding carboxylic acids is 1. The van der Waals surface area contributed by atoms with Gasteiger partial charge in [-0.15, -0.1) is 0 Å². The van der Waals surface area contributed by atoms with Crippen LogP contribution in [0.1, 0.15) is 5.56 Å². The topological polar surface area (TPSA) is 60.8 Å². The Kier molecular flexibility index (Phi) is 4.70. The summed E-state index contributed by atoms with van der Waals surface area (Å²) >= 11 is 0. The van der Waals surface area contributed by atoms with Gasteiger partial charge in [-0.3, -0.25) is 4.79 Å². The van der Waals surface area contributed by atoms with Crippen LogP contribution >= 0.6 is 0 Å². The standard InChI is InChI=1S/C21H19NO3/c1-22(21(25)13-15-4-2-7-20(24)12-15)18-6-3-5-17(14-18)16-8-10-19(23)11-9-16/h2-12,14,23-24H,13H2,1H3. The second kappa shape index (κ2) is 7.09. The van der Waals surface area contributed by atoms with Gasteiger partial charge in [0.2, 0.25) is 5.91 Å². The first-order chi connectivity index (χ1) is 12.0. The van der Waals surface area contributed by atoms with Crippen molar-refractivity contribution >= 4 is 11.6 Å². The van der Waals surface area contributed by atoms with E-state index in [1.165, 1.54) is 0 Å². The van der Waals surface area contributed by atoms with E-state index in [1.807, 2.05) is 42.5 Å². The maximum Gasteiger partial charge on any atom is 0.231 e. The first kappa shape index (κ1) is 16.6. The molecule has 0 atom stereocenters. The summed E-state index contributed by atoms with van der Waals surface area (Å²) in [6.07, 6.45) is 0.217. The smallest absolute Gasteiger partial charge is 0.231 e. The first-order valence-electron chi connectivity index (χ1n) is 7.97. The molecule has 0 fully saturated rings. The monoisotopic (exact) mass is 333 g/mol. The van der Waals surface area contributed by atoms with Crippen molar-refractivity contribution in [2.75, 3.05) is 11.9 Å². The summed E-state index contributed by atoms with van der Waals surface area (Å²) in [4.78, 5) is 14.1. The van der Waals surface area contributed by atoms with Crippen LogP contribution in [0.2, 0.25) is 0 Å². The average molecular weight is 333 g/mol. The highest BCUT2D eigenvalue weighted by atomic mass is 16.3. The molecule has 3 aromatic rings. The van der Waals surface area contributed by atoms with Gasteiger partial charge in [0.15, 0.2) is 0 Å². The third kappa shape index (κ3) is 3.98. The molecule has 2 N–H and O–H groups in total. The number of phenolic OH excluding ortho intramolecular Hbond substituents is 2. The summed E-state index contributed by atoms with van der Waals surface area (Å²) in [5.41, 5.74) is 3.49. The van der Waals surface area contributed by atoms with E-state index in [1.54, 1.807) is 42.3 Å². The molecule has 126 valence electrons. The molecule has 0 aromatic heterocycles. The number of carbonyl (C=O) groups is 1. The molecule has 0 radical (unpaired) electrons. The Hall–Kier alpha value is -3.27. The molecular weight excluding hydrogens is 314 g/mol. The number of nitrogens with zero attached hydrogens (tertiary/aromatic N) is 1. The van der Waals surface area contributed by atoms with Gasteiger partial charge in [0.05, 0.1) is 6.42 Å². The van der Waals surface area contributed by atoms with Crippen LogP contribution < -0.4 is 4.90 Å². The number of rotatable bonds is 4. The molecule has 0 aliphatic heterocycles. The number of aromatic hydroxyl groups is 2. The Morgan fingerprint density at radius 3 is 2.28 bits per heavy atom.